The molecule has 1 fully saturated rings. The molecule has 0 radical (unpaired) electrons. The molecule has 0 saturated carbocycles. The molecule has 17 heavy (non-hydrogen) atoms. The van der Waals surface area contributed by atoms with Crippen LogP contribution in [-0.4, -0.2) is 17.8 Å². The molecule has 5 heteroatoms. The Morgan fingerprint density at radius 3 is 2.53 bits per heavy atom. The van der Waals surface area contributed by atoms with Crippen molar-refractivity contribution in [3.05, 3.63) is 35.4 Å². The van der Waals surface area contributed by atoms with Gasteiger partial charge in [0.15, 0.2) is 0 Å². The number of aliphatic hydroxyl groups is 1. The number of alkyl halides is 3. The quantitative estimate of drug-likeness (QED) is 0.825. The maximum absolute atomic E-state index is 12.8. The zero-order chi connectivity index (χ0) is 12.7. The van der Waals surface area contributed by atoms with E-state index >= 15 is 0 Å². The van der Waals surface area contributed by atoms with Crippen LogP contribution in [0.3, 0.4) is 0 Å². The summed E-state index contributed by atoms with van der Waals surface area (Å²) in [5, 5.41) is 10.4. The minimum Gasteiger partial charge on any atom is -0.382 e. The molecule has 2 atom stereocenters. The van der Waals surface area contributed by atoms with E-state index < -0.39 is 23.4 Å². The van der Waals surface area contributed by atoms with Gasteiger partial charge in [0.2, 0.25) is 0 Å². The summed E-state index contributed by atoms with van der Waals surface area (Å²) in [4.78, 5) is 0. The Morgan fingerprint density at radius 1 is 1.35 bits per heavy atom. The summed E-state index contributed by atoms with van der Waals surface area (Å²) in [6.07, 6.45) is -4.92. The molecular weight excluding hydrogens is 233 g/mol. The molecule has 2 nitrogen and oxygen atoms in total. The predicted octanol–water partition coefficient (Wildman–Crippen LogP) is 2.70. The van der Waals surface area contributed by atoms with Gasteiger partial charge in [-0.05, 0) is 18.6 Å². The maximum atomic E-state index is 12.8. The van der Waals surface area contributed by atoms with Crippen molar-refractivity contribution in [2.75, 3.05) is 6.61 Å². The van der Waals surface area contributed by atoms with E-state index in [1.54, 1.807) is 6.92 Å². The molecule has 0 aromatic heterocycles. The van der Waals surface area contributed by atoms with Crippen molar-refractivity contribution >= 4 is 0 Å². The molecule has 1 saturated heterocycles. The minimum atomic E-state index is -4.46. The van der Waals surface area contributed by atoms with Gasteiger partial charge in [0.05, 0.1) is 18.3 Å². The lowest BCUT2D eigenvalue weighted by molar-refractivity contribution is -0.141. The lowest BCUT2D eigenvalue weighted by atomic mass is 9.84. The van der Waals surface area contributed by atoms with Crippen LogP contribution in [0, 0.1) is 0 Å². The Balaban J connectivity index is 2.52. The normalized spacial score (nSPS) is 29.6. The average molecular weight is 246 g/mol. The second-order valence-corrected chi connectivity index (χ2v) is 4.23. The summed E-state index contributed by atoms with van der Waals surface area (Å²) in [6.45, 7) is 1.85. The SMILES string of the molecule is CC1OCCC1(O)c1ccccc1C(F)(F)F. The Bertz CT molecular complexity index is 416. The lowest BCUT2D eigenvalue weighted by Crippen LogP contribution is -2.35. The maximum Gasteiger partial charge on any atom is 0.416 e. The van der Waals surface area contributed by atoms with E-state index in [1.807, 2.05) is 0 Å². The highest BCUT2D eigenvalue weighted by Gasteiger charge is 2.46. The monoisotopic (exact) mass is 246 g/mol. The van der Waals surface area contributed by atoms with Crippen LogP contribution >= 0.6 is 0 Å². The van der Waals surface area contributed by atoms with Crippen LogP contribution < -0.4 is 0 Å². The third-order valence-electron chi connectivity index (χ3n) is 3.22. The van der Waals surface area contributed by atoms with Crippen LogP contribution in [0.5, 0.6) is 0 Å². The minimum absolute atomic E-state index is 0.0995. The highest BCUT2D eigenvalue weighted by Crippen LogP contribution is 2.42. The second-order valence-electron chi connectivity index (χ2n) is 4.23. The van der Waals surface area contributed by atoms with E-state index in [0.29, 0.717) is 0 Å². The lowest BCUT2D eigenvalue weighted by Gasteiger charge is -2.29. The van der Waals surface area contributed by atoms with Crippen LogP contribution in [0.1, 0.15) is 24.5 Å². The summed E-state index contributed by atoms with van der Waals surface area (Å²) in [6, 6.07) is 5.11. The van der Waals surface area contributed by atoms with Gasteiger partial charge in [-0.2, -0.15) is 13.2 Å². The highest BCUT2D eigenvalue weighted by atomic mass is 19.4. The van der Waals surface area contributed by atoms with Crippen molar-refractivity contribution in [3.8, 4) is 0 Å². The standard InChI is InChI=1S/C12H13F3O2/c1-8-11(16,6-7-17-8)9-4-2-3-5-10(9)12(13,14)15/h2-5,8,16H,6-7H2,1H3. The van der Waals surface area contributed by atoms with Crippen LogP contribution in [0.2, 0.25) is 0 Å². The number of ether oxygens (including phenoxy) is 1. The number of hydrogen-bond acceptors (Lipinski definition) is 2. The van der Waals surface area contributed by atoms with Gasteiger partial charge in [0.1, 0.15) is 5.60 Å². The fourth-order valence-electron chi connectivity index (χ4n) is 2.19. The molecule has 0 bridgehead atoms. The number of hydrogen-bond donors (Lipinski definition) is 1. The molecule has 2 rings (SSSR count). The van der Waals surface area contributed by atoms with Crippen molar-refractivity contribution in [1.82, 2.24) is 0 Å². The van der Waals surface area contributed by atoms with Crippen molar-refractivity contribution < 1.29 is 23.0 Å². The summed E-state index contributed by atoms with van der Waals surface area (Å²) in [7, 11) is 0. The van der Waals surface area contributed by atoms with Crippen molar-refractivity contribution in [2.24, 2.45) is 0 Å². The Hall–Kier alpha value is -1.07. The van der Waals surface area contributed by atoms with Gasteiger partial charge in [0, 0.05) is 6.42 Å². The molecule has 0 spiro atoms. The zero-order valence-corrected chi connectivity index (χ0v) is 9.29. The molecule has 1 aliphatic heterocycles. The van der Waals surface area contributed by atoms with Crippen LogP contribution in [0.15, 0.2) is 24.3 Å². The van der Waals surface area contributed by atoms with E-state index in [-0.39, 0.29) is 18.6 Å². The van der Waals surface area contributed by atoms with E-state index in [2.05, 4.69) is 0 Å². The van der Waals surface area contributed by atoms with Gasteiger partial charge in [-0.1, -0.05) is 18.2 Å². The first-order valence-electron chi connectivity index (χ1n) is 5.36. The predicted molar refractivity (Wildman–Crippen MR) is 55.4 cm³/mol. The van der Waals surface area contributed by atoms with Crippen molar-refractivity contribution in [1.29, 1.82) is 0 Å². The molecule has 1 aromatic carbocycles. The van der Waals surface area contributed by atoms with Crippen LogP contribution in [0.25, 0.3) is 0 Å². The largest absolute Gasteiger partial charge is 0.416 e. The summed E-state index contributed by atoms with van der Waals surface area (Å²) in [5.41, 5.74) is -2.44. The first-order valence-corrected chi connectivity index (χ1v) is 5.36. The molecule has 1 N–H and O–H groups in total. The first-order chi connectivity index (χ1) is 7.86. The highest BCUT2D eigenvalue weighted by molar-refractivity contribution is 5.36. The Kier molecular flexibility index (Phi) is 2.91. The fraction of sp³-hybridized carbons (Fsp3) is 0.500. The van der Waals surface area contributed by atoms with Gasteiger partial charge in [-0.25, -0.2) is 0 Å². The van der Waals surface area contributed by atoms with Gasteiger partial charge in [-0.15, -0.1) is 0 Å². The number of rotatable bonds is 1. The van der Waals surface area contributed by atoms with Gasteiger partial charge >= 0.3 is 6.18 Å². The third kappa shape index (κ3) is 2.05. The number of benzene rings is 1. The summed E-state index contributed by atoms with van der Waals surface area (Å²) in [5.74, 6) is 0. The van der Waals surface area contributed by atoms with Crippen LogP contribution in [0.4, 0.5) is 13.2 Å². The van der Waals surface area contributed by atoms with E-state index in [1.165, 1.54) is 18.2 Å². The molecule has 94 valence electrons. The molecule has 1 heterocycles. The molecular formula is C12H13F3O2. The molecule has 1 aromatic rings. The van der Waals surface area contributed by atoms with Gasteiger partial charge < -0.3 is 9.84 Å². The molecule has 1 aliphatic rings. The topological polar surface area (TPSA) is 29.5 Å². The van der Waals surface area contributed by atoms with Crippen molar-refractivity contribution in [3.63, 3.8) is 0 Å². The van der Waals surface area contributed by atoms with E-state index in [4.69, 9.17) is 4.74 Å². The van der Waals surface area contributed by atoms with Crippen molar-refractivity contribution in [2.45, 2.75) is 31.2 Å². The van der Waals surface area contributed by atoms with E-state index in [9.17, 15) is 18.3 Å². The Morgan fingerprint density at radius 2 is 2.00 bits per heavy atom. The molecule has 0 amide bonds. The Labute approximate surface area is 97.0 Å². The zero-order valence-electron chi connectivity index (χ0n) is 9.29. The third-order valence-corrected chi connectivity index (χ3v) is 3.22. The first kappa shape index (κ1) is 12.4. The average Bonchev–Trinajstić information content (AvgIpc) is 2.59. The fourth-order valence-corrected chi connectivity index (χ4v) is 2.19. The summed E-state index contributed by atoms with van der Waals surface area (Å²) < 4.78 is 43.7. The molecule has 0 aliphatic carbocycles. The number of halogens is 3. The van der Waals surface area contributed by atoms with Gasteiger partial charge in [-0.3, -0.25) is 0 Å². The molecule has 2 unspecified atom stereocenters. The smallest absolute Gasteiger partial charge is 0.382 e. The summed E-state index contributed by atoms with van der Waals surface area (Å²) >= 11 is 0. The van der Waals surface area contributed by atoms with Gasteiger partial charge in [0.25, 0.3) is 0 Å². The van der Waals surface area contributed by atoms with Crippen LogP contribution in [-0.2, 0) is 16.5 Å². The second kappa shape index (κ2) is 3.99. The van der Waals surface area contributed by atoms with E-state index in [0.717, 1.165) is 6.07 Å².